The summed E-state index contributed by atoms with van der Waals surface area (Å²) in [4.78, 5) is 13.0. The number of rotatable bonds is 8. The van der Waals surface area contributed by atoms with Gasteiger partial charge in [-0.1, -0.05) is 26.0 Å². The first-order valence-corrected chi connectivity index (χ1v) is 9.42. The topological polar surface area (TPSA) is 111 Å². The number of benzene rings is 2. The quantitative estimate of drug-likeness (QED) is 0.543. The van der Waals surface area contributed by atoms with Gasteiger partial charge in [-0.05, 0) is 53.4 Å². The van der Waals surface area contributed by atoms with Crippen molar-refractivity contribution in [3.63, 3.8) is 0 Å². The van der Waals surface area contributed by atoms with Crippen LogP contribution in [-0.4, -0.2) is 27.1 Å². The molecule has 1 amide bonds. The molecule has 0 heterocycles. The molecular weight excluding hydrogens is 354 g/mol. The number of hydrazone groups is 1. The zero-order valence-corrected chi connectivity index (χ0v) is 15.4. The van der Waals surface area contributed by atoms with Gasteiger partial charge < -0.3 is 10.5 Å². The molecule has 3 N–H and O–H groups in total. The van der Waals surface area contributed by atoms with Gasteiger partial charge in [-0.25, -0.2) is 4.83 Å². The van der Waals surface area contributed by atoms with Gasteiger partial charge in [-0.3, -0.25) is 4.79 Å². The summed E-state index contributed by atoms with van der Waals surface area (Å²) in [6.07, 6.45) is 1.37. The molecule has 0 atom stereocenters. The van der Waals surface area contributed by atoms with E-state index in [1.807, 2.05) is 13.8 Å². The van der Waals surface area contributed by atoms with Crippen LogP contribution in [0.5, 0.6) is 5.75 Å². The van der Waals surface area contributed by atoms with E-state index < -0.39 is 15.9 Å². The molecular formula is C18H21N3O4S. The third-order valence-electron chi connectivity index (χ3n) is 3.50. The normalized spacial score (nSPS) is 11.7. The molecule has 26 heavy (non-hydrogen) atoms. The molecule has 0 aliphatic heterocycles. The van der Waals surface area contributed by atoms with Crippen LogP contribution in [0.2, 0.25) is 0 Å². The van der Waals surface area contributed by atoms with Gasteiger partial charge in [-0.15, -0.1) is 0 Å². The van der Waals surface area contributed by atoms with Crippen LogP contribution in [0.1, 0.15) is 30.9 Å². The van der Waals surface area contributed by atoms with Crippen molar-refractivity contribution < 1.29 is 17.9 Å². The number of sulfonamides is 1. The highest BCUT2D eigenvalue weighted by Crippen LogP contribution is 2.17. The molecule has 138 valence electrons. The molecule has 2 aromatic carbocycles. The molecule has 0 fully saturated rings. The number of carbonyl (C=O) groups excluding carboxylic acids is 1. The first-order valence-electron chi connectivity index (χ1n) is 7.94. The predicted molar refractivity (Wildman–Crippen MR) is 99.6 cm³/mol. The van der Waals surface area contributed by atoms with Crippen LogP contribution in [0.3, 0.4) is 0 Å². The zero-order chi connectivity index (χ0) is 19.2. The first-order chi connectivity index (χ1) is 12.3. The Morgan fingerprint density at radius 2 is 1.77 bits per heavy atom. The second kappa shape index (κ2) is 8.48. The molecule has 0 radical (unpaired) electrons. The molecule has 0 saturated heterocycles. The Balaban J connectivity index is 1.99. The largest absolute Gasteiger partial charge is 0.484 e. The molecule has 2 aromatic rings. The Morgan fingerprint density at radius 1 is 1.15 bits per heavy atom. The molecule has 0 aliphatic rings. The molecule has 0 aromatic heterocycles. The van der Waals surface area contributed by atoms with Crippen molar-refractivity contribution in [2.24, 2.45) is 10.8 Å². The van der Waals surface area contributed by atoms with E-state index in [4.69, 9.17) is 10.5 Å². The second-order valence-corrected chi connectivity index (χ2v) is 7.56. The molecule has 8 heteroatoms. The van der Waals surface area contributed by atoms with E-state index in [1.54, 1.807) is 48.5 Å². The Bertz CT molecular complexity index is 874. The molecule has 0 bridgehead atoms. The van der Waals surface area contributed by atoms with Crippen molar-refractivity contribution in [2.75, 3.05) is 6.61 Å². The summed E-state index contributed by atoms with van der Waals surface area (Å²) in [5.74, 6) is 0.242. The van der Waals surface area contributed by atoms with E-state index in [-0.39, 0.29) is 11.5 Å². The minimum absolute atomic E-state index is 0.147. The Hall–Kier alpha value is -2.87. The Labute approximate surface area is 152 Å². The lowest BCUT2D eigenvalue weighted by atomic mass is 10.0. The van der Waals surface area contributed by atoms with Gasteiger partial charge in [-0.2, -0.15) is 13.5 Å². The monoisotopic (exact) mass is 375 g/mol. The van der Waals surface area contributed by atoms with E-state index in [1.165, 1.54) is 6.21 Å². The highest BCUT2D eigenvalue weighted by atomic mass is 32.2. The van der Waals surface area contributed by atoms with Gasteiger partial charge in [0.1, 0.15) is 5.75 Å². The summed E-state index contributed by atoms with van der Waals surface area (Å²) in [5.41, 5.74) is 6.72. The number of hydrogen-bond acceptors (Lipinski definition) is 5. The van der Waals surface area contributed by atoms with Crippen molar-refractivity contribution in [1.82, 2.24) is 4.83 Å². The summed E-state index contributed by atoms with van der Waals surface area (Å²) >= 11 is 0. The third-order valence-corrected chi connectivity index (χ3v) is 4.74. The van der Waals surface area contributed by atoms with Gasteiger partial charge in [0.25, 0.3) is 15.9 Å². The maximum Gasteiger partial charge on any atom is 0.276 e. The first kappa shape index (κ1) is 19.5. The maximum absolute atomic E-state index is 12.2. The zero-order valence-electron chi connectivity index (χ0n) is 14.5. The minimum Gasteiger partial charge on any atom is -0.484 e. The SMILES string of the molecule is CC(C)c1ccc(S(=O)(=O)N/N=C/c2ccc(OCC(N)=O)cc2)cc1. The van der Waals surface area contributed by atoms with Crippen LogP contribution in [0.25, 0.3) is 0 Å². The molecule has 7 nitrogen and oxygen atoms in total. The van der Waals surface area contributed by atoms with Gasteiger partial charge in [0.2, 0.25) is 0 Å². The van der Waals surface area contributed by atoms with E-state index in [0.717, 1.165) is 5.56 Å². The number of nitrogens with two attached hydrogens (primary N) is 1. The van der Waals surface area contributed by atoms with Gasteiger partial charge >= 0.3 is 0 Å². The fourth-order valence-electron chi connectivity index (χ4n) is 2.06. The number of ether oxygens (including phenoxy) is 1. The molecule has 0 unspecified atom stereocenters. The van der Waals surface area contributed by atoms with Crippen molar-refractivity contribution >= 4 is 22.1 Å². The summed E-state index contributed by atoms with van der Waals surface area (Å²) in [7, 11) is -3.72. The highest BCUT2D eigenvalue weighted by molar-refractivity contribution is 7.89. The van der Waals surface area contributed by atoms with Crippen LogP contribution in [0.4, 0.5) is 0 Å². The average Bonchev–Trinajstić information content (AvgIpc) is 2.61. The lowest BCUT2D eigenvalue weighted by molar-refractivity contribution is -0.119. The van der Waals surface area contributed by atoms with Crippen LogP contribution in [-0.2, 0) is 14.8 Å². The predicted octanol–water partition coefficient (Wildman–Crippen LogP) is 1.99. The standard InChI is InChI=1S/C18H21N3O4S/c1-13(2)15-5-9-17(10-6-15)26(23,24)21-20-11-14-3-7-16(8-4-14)25-12-18(19)22/h3-11,13,21H,12H2,1-2H3,(H2,19,22)/b20-11+. The maximum atomic E-state index is 12.2. The lowest BCUT2D eigenvalue weighted by Gasteiger charge is -2.07. The number of nitrogens with one attached hydrogen (secondary N) is 1. The fourth-order valence-corrected chi connectivity index (χ4v) is 2.85. The summed E-state index contributed by atoms with van der Waals surface area (Å²) in [6.45, 7) is 3.87. The fraction of sp³-hybridized carbons (Fsp3) is 0.222. The molecule has 0 spiro atoms. The Kier molecular flexibility index (Phi) is 6.35. The van der Waals surface area contributed by atoms with Crippen molar-refractivity contribution in [2.45, 2.75) is 24.7 Å². The van der Waals surface area contributed by atoms with E-state index >= 15 is 0 Å². The van der Waals surface area contributed by atoms with E-state index in [0.29, 0.717) is 17.2 Å². The molecule has 0 aliphatic carbocycles. The van der Waals surface area contributed by atoms with Gasteiger partial charge in [0, 0.05) is 0 Å². The van der Waals surface area contributed by atoms with Crippen LogP contribution in [0.15, 0.2) is 58.5 Å². The van der Waals surface area contributed by atoms with Crippen LogP contribution in [0, 0.1) is 0 Å². The number of amides is 1. The smallest absolute Gasteiger partial charge is 0.276 e. The lowest BCUT2D eigenvalue weighted by Crippen LogP contribution is -2.20. The summed E-state index contributed by atoms with van der Waals surface area (Å²) in [6, 6.07) is 13.3. The van der Waals surface area contributed by atoms with Crippen molar-refractivity contribution in [3.05, 3.63) is 59.7 Å². The molecule has 0 saturated carbocycles. The minimum atomic E-state index is -3.72. The number of carbonyl (C=O) groups is 1. The van der Waals surface area contributed by atoms with Gasteiger partial charge in [0.05, 0.1) is 11.1 Å². The van der Waals surface area contributed by atoms with Crippen LogP contribution >= 0.6 is 0 Å². The third kappa shape index (κ3) is 5.59. The van der Waals surface area contributed by atoms with Crippen molar-refractivity contribution in [3.8, 4) is 5.75 Å². The Morgan fingerprint density at radius 3 is 2.31 bits per heavy atom. The van der Waals surface area contributed by atoms with Crippen molar-refractivity contribution in [1.29, 1.82) is 0 Å². The number of hydrogen-bond donors (Lipinski definition) is 2. The van der Waals surface area contributed by atoms with E-state index in [9.17, 15) is 13.2 Å². The van der Waals surface area contributed by atoms with E-state index in [2.05, 4.69) is 9.93 Å². The average molecular weight is 375 g/mol. The highest BCUT2D eigenvalue weighted by Gasteiger charge is 2.12. The van der Waals surface area contributed by atoms with Crippen LogP contribution < -0.4 is 15.3 Å². The summed E-state index contributed by atoms with van der Waals surface area (Å²) < 4.78 is 29.6. The second-order valence-electron chi connectivity index (χ2n) is 5.90. The number of primary amides is 1. The number of nitrogens with zero attached hydrogens (tertiary/aromatic N) is 1. The van der Waals surface area contributed by atoms with Gasteiger partial charge in [0.15, 0.2) is 6.61 Å². The summed E-state index contributed by atoms with van der Waals surface area (Å²) in [5, 5.41) is 3.77. The molecule has 2 rings (SSSR count).